The molecule has 0 aromatic rings. The second-order valence-corrected chi connectivity index (χ2v) is 10.5. The molecule has 0 saturated carbocycles. The number of methoxy groups -OCH3 is 1. The molecule has 10 unspecified atom stereocenters. The zero-order chi connectivity index (χ0) is 25.3. The zero-order valence-electron chi connectivity index (χ0n) is 18.6. The first-order chi connectivity index (χ1) is 15.1. The third-order valence-corrected chi connectivity index (χ3v) is 7.30. The Balaban J connectivity index is 2.36. The first-order valence-electron chi connectivity index (χ1n) is 10.1. The minimum atomic E-state index is -5.12. The lowest BCUT2D eigenvalue weighted by Gasteiger charge is -2.49. The van der Waals surface area contributed by atoms with Gasteiger partial charge >= 0.3 is 0 Å². The Bertz CT molecular complexity index is 893. The minimum absolute atomic E-state index is 0.203. The fraction of sp³-hybridized carbons (Fsp3) is 0.941. The van der Waals surface area contributed by atoms with Crippen molar-refractivity contribution in [3.63, 3.8) is 0 Å². The summed E-state index contributed by atoms with van der Waals surface area (Å²) in [5.41, 5.74) is 0. The predicted octanol–water partition coefficient (Wildman–Crippen LogP) is -2.34. The van der Waals surface area contributed by atoms with E-state index >= 15 is 0 Å². The Hall–Kier alpha value is -0.950. The summed E-state index contributed by atoms with van der Waals surface area (Å²) in [6, 6.07) is -1.27. The monoisotopic (exact) mass is 518 g/mol. The van der Waals surface area contributed by atoms with E-state index in [4.69, 9.17) is 18.9 Å². The van der Waals surface area contributed by atoms with Crippen LogP contribution in [0.3, 0.4) is 0 Å². The van der Waals surface area contributed by atoms with E-state index in [1.807, 2.05) is 4.72 Å². The van der Waals surface area contributed by atoms with Crippen molar-refractivity contribution in [3.05, 3.63) is 0 Å². The van der Waals surface area contributed by atoms with Crippen LogP contribution in [0.2, 0.25) is 0 Å². The van der Waals surface area contributed by atoms with E-state index < -0.39 is 82.0 Å². The van der Waals surface area contributed by atoms with Crippen LogP contribution in [0.25, 0.3) is 0 Å². The molecule has 14 nitrogen and oxygen atoms in total. The van der Waals surface area contributed by atoms with Gasteiger partial charge < -0.3 is 38.0 Å². The average molecular weight is 519 g/mol. The maximum absolute atomic E-state index is 11.5. The van der Waals surface area contributed by atoms with Gasteiger partial charge in [0.2, 0.25) is 10.4 Å². The number of carboxylic acid groups (broad SMARTS) is 1. The Morgan fingerprint density at radius 2 is 1.55 bits per heavy atom. The van der Waals surface area contributed by atoms with Crippen LogP contribution in [0, 0.1) is 23.7 Å². The lowest BCUT2D eigenvalue weighted by atomic mass is 9.78. The Labute approximate surface area is 192 Å². The number of hydrogen-bond acceptors (Lipinski definition) is 13. The van der Waals surface area contributed by atoms with Crippen LogP contribution in [0.5, 0.6) is 0 Å². The fourth-order valence-electron chi connectivity index (χ4n) is 4.13. The van der Waals surface area contributed by atoms with Gasteiger partial charge in [0, 0.05) is 18.9 Å². The molecule has 0 radical (unpaired) electrons. The molecule has 2 rings (SSSR count). The van der Waals surface area contributed by atoms with Gasteiger partial charge in [-0.25, -0.2) is 21.6 Å². The summed E-state index contributed by atoms with van der Waals surface area (Å²) in [4.78, 5) is 11.5. The summed E-state index contributed by atoms with van der Waals surface area (Å²) in [6.07, 6.45) is -6.29. The van der Waals surface area contributed by atoms with Crippen LogP contribution in [-0.4, -0.2) is 82.6 Å². The lowest BCUT2D eigenvalue weighted by Crippen LogP contribution is -2.63. The van der Waals surface area contributed by atoms with Crippen molar-refractivity contribution in [2.45, 2.75) is 64.6 Å². The molecule has 0 spiro atoms. The van der Waals surface area contributed by atoms with Crippen LogP contribution in [0.4, 0.5) is 0 Å². The highest BCUT2D eigenvalue weighted by Gasteiger charge is 2.49. The minimum Gasteiger partial charge on any atom is -0.735 e. The first kappa shape index (κ1) is 28.3. The smallest absolute Gasteiger partial charge is 0.217 e. The number of carbonyl (C=O) groups is 1. The standard InChI is InChI=1S/C17H31NO13S2/c1-7-8(2)14(15(19)20)31-16(9(7)3)30-13-10(4)12(18-32(21,22)23)17(27-5)29-11(13)6-28-33(24,25)26/h7-14,16-18H,6H2,1-5H3,(H,19,20)(H,21,22,23)(H,24,25,26)/p-3. The van der Waals surface area contributed by atoms with Crippen molar-refractivity contribution in [1.82, 2.24) is 4.72 Å². The van der Waals surface area contributed by atoms with Gasteiger partial charge in [0.1, 0.15) is 12.2 Å². The molecule has 2 aliphatic heterocycles. The molecular weight excluding hydrogens is 490 g/mol. The second-order valence-electron chi connectivity index (χ2n) is 8.35. The van der Waals surface area contributed by atoms with E-state index in [0.717, 1.165) is 7.11 Å². The summed E-state index contributed by atoms with van der Waals surface area (Å²) in [6.45, 7) is 5.88. The predicted molar refractivity (Wildman–Crippen MR) is 103 cm³/mol. The van der Waals surface area contributed by atoms with Crippen LogP contribution in [0.1, 0.15) is 27.7 Å². The summed E-state index contributed by atoms with van der Waals surface area (Å²) in [5.74, 6) is -3.32. The van der Waals surface area contributed by atoms with E-state index in [1.54, 1.807) is 20.8 Å². The molecule has 0 amide bonds. The van der Waals surface area contributed by atoms with Gasteiger partial charge in [-0.05, 0) is 11.8 Å². The lowest BCUT2D eigenvalue weighted by molar-refractivity contribution is -0.349. The van der Waals surface area contributed by atoms with E-state index in [-0.39, 0.29) is 11.8 Å². The Morgan fingerprint density at radius 1 is 0.939 bits per heavy atom. The number of rotatable bonds is 9. The van der Waals surface area contributed by atoms with Crippen molar-refractivity contribution in [2.24, 2.45) is 23.7 Å². The van der Waals surface area contributed by atoms with Crippen LogP contribution in [-0.2, 0) is 48.6 Å². The van der Waals surface area contributed by atoms with Gasteiger partial charge in [0.15, 0.2) is 22.9 Å². The van der Waals surface area contributed by atoms with E-state index in [1.165, 1.54) is 6.92 Å². The highest BCUT2D eigenvalue weighted by molar-refractivity contribution is 7.83. The van der Waals surface area contributed by atoms with Crippen molar-refractivity contribution in [1.29, 1.82) is 0 Å². The quantitative estimate of drug-likeness (QED) is 0.250. The highest BCUT2D eigenvalue weighted by Crippen LogP contribution is 2.38. The molecule has 33 heavy (non-hydrogen) atoms. The molecular formula is C17H28NO13S2-3. The van der Waals surface area contributed by atoms with Crippen LogP contribution >= 0.6 is 0 Å². The van der Waals surface area contributed by atoms with Crippen molar-refractivity contribution < 1.29 is 59.0 Å². The van der Waals surface area contributed by atoms with Gasteiger partial charge in [-0.3, -0.25) is 4.18 Å². The molecule has 10 atom stereocenters. The van der Waals surface area contributed by atoms with E-state index in [2.05, 4.69) is 4.18 Å². The maximum Gasteiger partial charge on any atom is 0.217 e. The molecule has 0 aliphatic carbocycles. The van der Waals surface area contributed by atoms with Crippen LogP contribution in [0.15, 0.2) is 0 Å². The van der Waals surface area contributed by atoms with E-state index in [9.17, 15) is 35.8 Å². The highest BCUT2D eigenvalue weighted by atomic mass is 32.3. The molecule has 16 heteroatoms. The van der Waals surface area contributed by atoms with Crippen molar-refractivity contribution >= 4 is 26.7 Å². The summed E-state index contributed by atoms with van der Waals surface area (Å²) >= 11 is 0. The van der Waals surface area contributed by atoms with Gasteiger partial charge in [0.05, 0.1) is 24.7 Å². The molecule has 194 valence electrons. The Morgan fingerprint density at radius 3 is 2.03 bits per heavy atom. The molecule has 2 saturated heterocycles. The number of ether oxygens (including phenoxy) is 4. The van der Waals surface area contributed by atoms with Gasteiger partial charge in [-0.15, -0.1) is 0 Å². The molecule has 0 aromatic carbocycles. The molecule has 2 heterocycles. The van der Waals surface area contributed by atoms with Crippen LogP contribution < -0.4 is 9.83 Å². The summed E-state index contributed by atoms with van der Waals surface area (Å²) < 4.78 is 95.2. The SMILES string of the molecule is COC1OC(COS(=O)(=O)[O-])C(OC2OC(C(=O)[O-])C(C)C(C)C2C)C(C)C1NS(=O)(=O)[O-]. The first-order valence-corrected chi connectivity index (χ1v) is 12.8. The molecule has 2 fully saturated rings. The molecule has 0 bridgehead atoms. The molecule has 2 aliphatic rings. The third kappa shape index (κ3) is 7.27. The Kier molecular flexibility index (Phi) is 9.22. The maximum atomic E-state index is 11.5. The molecule has 0 aromatic heterocycles. The average Bonchev–Trinajstić information content (AvgIpc) is 2.68. The van der Waals surface area contributed by atoms with Crippen molar-refractivity contribution in [3.8, 4) is 0 Å². The van der Waals surface area contributed by atoms with Gasteiger partial charge in [-0.2, -0.15) is 0 Å². The van der Waals surface area contributed by atoms with E-state index in [0.29, 0.717) is 0 Å². The summed E-state index contributed by atoms with van der Waals surface area (Å²) in [5, 5.41) is 11.5. The van der Waals surface area contributed by atoms with Crippen molar-refractivity contribution in [2.75, 3.05) is 13.7 Å². The number of carboxylic acids is 1. The number of nitrogens with one attached hydrogen (secondary N) is 1. The number of hydrogen-bond donors (Lipinski definition) is 1. The number of carbonyl (C=O) groups excluding carboxylic acids is 1. The number of aliphatic carboxylic acids is 1. The largest absolute Gasteiger partial charge is 0.735 e. The molecule has 1 N–H and O–H groups in total. The second kappa shape index (κ2) is 10.8. The summed E-state index contributed by atoms with van der Waals surface area (Å²) in [7, 11) is -8.92. The normalized spacial score (nSPS) is 40.5. The fourth-order valence-corrected chi connectivity index (χ4v) is 5.09. The topological polar surface area (TPSA) is 213 Å². The van der Waals surface area contributed by atoms with Gasteiger partial charge in [-0.1, -0.05) is 27.7 Å². The zero-order valence-corrected chi connectivity index (χ0v) is 20.2. The third-order valence-electron chi connectivity index (χ3n) is 6.31. The van der Waals surface area contributed by atoms with Gasteiger partial charge in [0.25, 0.3) is 0 Å².